The van der Waals surface area contributed by atoms with Crippen LogP contribution in [0.5, 0.6) is 0 Å². The predicted octanol–water partition coefficient (Wildman–Crippen LogP) is 0.364. The first-order chi connectivity index (χ1) is 14.6. The molecule has 1 aliphatic rings. The molecule has 1 saturated heterocycles. The minimum atomic E-state index is -0.677. The van der Waals surface area contributed by atoms with Crippen molar-refractivity contribution in [3.8, 4) is 0 Å². The van der Waals surface area contributed by atoms with Gasteiger partial charge in [-0.15, -0.1) is 0 Å². The number of H-pyrrole nitrogens is 1. The van der Waals surface area contributed by atoms with Crippen molar-refractivity contribution in [3.05, 3.63) is 20.8 Å². The molecule has 1 aromatic heterocycles. The van der Waals surface area contributed by atoms with Crippen LogP contribution in [0.3, 0.4) is 0 Å². The van der Waals surface area contributed by atoms with Gasteiger partial charge in [0, 0.05) is 26.2 Å². The van der Waals surface area contributed by atoms with Crippen LogP contribution in [0.15, 0.2) is 9.59 Å². The molecular formula is C21H36N6O4. The van der Waals surface area contributed by atoms with Gasteiger partial charge >= 0.3 is 5.69 Å². The highest BCUT2D eigenvalue weighted by Crippen LogP contribution is 2.20. The first-order valence-electron chi connectivity index (χ1n) is 11.0. The number of carbonyl (C=O) groups is 2. The number of nitrogens with two attached hydrogens (primary N) is 1. The maximum Gasteiger partial charge on any atom is 0.330 e. The number of amides is 2. The number of hydrogen-bond acceptors (Lipinski definition) is 6. The Hall–Kier alpha value is -2.62. The summed E-state index contributed by atoms with van der Waals surface area (Å²) in [5.74, 6) is -0.280. The molecule has 2 rings (SSSR count). The smallest absolute Gasteiger partial charge is 0.330 e. The fourth-order valence-electron chi connectivity index (χ4n) is 3.96. The Kier molecular flexibility index (Phi) is 8.43. The Balaban J connectivity index is 2.44. The highest BCUT2D eigenvalue weighted by Gasteiger charge is 2.35. The predicted molar refractivity (Wildman–Crippen MR) is 121 cm³/mol. The van der Waals surface area contributed by atoms with E-state index in [1.165, 1.54) is 9.47 Å². The van der Waals surface area contributed by atoms with Gasteiger partial charge in [-0.05, 0) is 18.3 Å². The van der Waals surface area contributed by atoms with Crippen molar-refractivity contribution < 1.29 is 9.59 Å². The van der Waals surface area contributed by atoms with Crippen molar-refractivity contribution in [2.24, 2.45) is 11.8 Å². The van der Waals surface area contributed by atoms with Gasteiger partial charge < -0.3 is 16.0 Å². The van der Waals surface area contributed by atoms with Crippen molar-refractivity contribution in [2.75, 3.05) is 36.8 Å². The summed E-state index contributed by atoms with van der Waals surface area (Å²) in [5.41, 5.74) is 4.98. The van der Waals surface area contributed by atoms with Gasteiger partial charge in [-0.1, -0.05) is 41.0 Å². The largest absolute Gasteiger partial charge is 0.383 e. The Labute approximate surface area is 182 Å². The fraction of sp³-hybridized carbons (Fsp3) is 0.714. The van der Waals surface area contributed by atoms with Crippen LogP contribution >= 0.6 is 0 Å². The van der Waals surface area contributed by atoms with E-state index in [1.54, 1.807) is 0 Å². The summed E-state index contributed by atoms with van der Waals surface area (Å²) in [7, 11) is 0. The van der Waals surface area contributed by atoms with Crippen LogP contribution in [0.2, 0.25) is 0 Å². The second-order valence-corrected chi connectivity index (χ2v) is 8.85. The van der Waals surface area contributed by atoms with E-state index in [9.17, 15) is 19.2 Å². The Bertz CT molecular complexity index is 904. The SMILES string of the molecule is CCCCN(C(=O)CN1CCNC(=O)C1C(C)C)c1c(N)n(CC(C)C)c(=O)[nH]c1=O. The van der Waals surface area contributed by atoms with Crippen molar-refractivity contribution in [3.63, 3.8) is 0 Å². The highest BCUT2D eigenvalue weighted by atomic mass is 16.2. The number of unbranched alkanes of at least 4 members (excludes halogenated alkanes) is 1. The van der Waals surface area contributed by atoms with Crippen LogP contribution in [0, 0.1) is 11.8 Å². The summed E-state index contributed by atoms with van der Waals surface area (Å²) >= 11 is 0. The molecule has 0 aromatic carbocycles. The van der Waals surface area contributed by atoms with Crippen molar-refractivity contribution in [1.82, 2.24) is 19.8 Å². The monoisotopic (exact) mass is 436 g/mol. The van der Waals surface area contributed by atoms with Crippen molar-refractivity contribution >= 4 is 23.3 Å². The molecule has 0 bridgehead atoms. The highest BCUT2D eigenvalue weighted by molar-refractivity contribution is 5.97. The van der Waals surface area contributed by atoms with Crippen molar-refractivity contribution in [1.29, 1.82) is 0 Å². The van der Waals surface area contributed by atoms with Gasteiger partial charge in [0.2, 0.25) is 11.8 Å². The number of nitrogen functional groups attached to an aromatic ring is 1. The zero-order valence-corrected chi connectivity index (χ0v) is 19.2. The normalized spacial score (nSPS) is 17.3. The molecular weight excluding hydrogens is 400 g/mol. The average molecular weight is 437 g/mol. The van der Waals surface area contributed by atoms with Crippen LogP contribution in [-0.2, 0) is 16.1 Å². The van der Waals surface area contributed by atoms with E-state index in [2.05, 4.69) is 10.3 Å². The number of piperazine rings is 1. The lowest BCUT2D eigenvalue weighted by Gasteiger charge is -2.37. The number of anilines is 2. The molecule has 1 fully saturated rings. The molecule has 2 amide bonds. The molecule has 174 valence electrons. The van der Waals surface area contributed by atoms with Gasteiger partial charge in [0.05, 0.1) is 12.6 Å². The van der Waals surface area contributed by atoms with Crippen LogP contribution in [0.1, 0.15) is 47.5 Å². The van der Waals surface area contributed by atoms with E-state index in [-0.39, 0.29) is 41.7 Å². The molecule has 1 aliphatic heterocycles. The molecule has 2 heterocycles. The zero-order chi connectivity index (χ0) is 23.3. The first kappa shape index (κ1) is 24.6. The second kappa shape index (κ2) is 10.6. The topological polar surface area (TPSA) is 134 Å². The van der Waals surface area contributed by atoms with Crippen LogP contribution in [-0.4, -0.2) is 58.5 Å². The maximum atomic E-state index is 13.4. The third-order valence-electron chi connectivity index (χ3n) is 5.40. The average Bonchev–Trinajstić information content (AvgIpc) is 2.67. The second-order valence-electron chi connectivity index (χ2n) is 8.85. The molecule has 31 heavy (non-hydrogen) atoms. The Morgan fingerprint density at radius 3 is 2.48 bits per heavy atom. The third kappa shape index (κ3) is 5.75. The van der Waals surface area contributed by atoms with Crippen LogP contribution in [0.25, 0.3) is 0 Å². The number of nitrogens with zero attached hydrogens (tertiary/aromatic N) is 3. The number of rotatable bonds is 9. The van der Waals surface area contributed by atoms with Gasteiger partial charge in [-0.3, -0.25) is 28.8 Å². The van der Waals surface area contributed by atoms with Gasteiger partial charge in [0.15, 0.2) is 5.69 Å². The first-order valence-corrected chi connectivity index (χ1v) is 11.0. The molecule has 0 spiro atoms. The van der Waals surface area contributed by atoms with Gasteiger partial charge in [-0.2, -0.15) is 0 Å². The number of hydrogen-bond donors (Lipinski definition) is 3. The van der Waals surface area contributed by atoms with E-state index < -0.39 is 17.3 Å². The standard InChI is InChI=1S/C21H36N6O4/c1-6-7-9-26(15(28)12-25-10-8-23-19(29)16(25)14(4)5)17-18(22)27(11-13(2)3)21(31)24-20(17)30/h13-14,16H,6-12,22H2,1-5H3,(H,23,29)(H,24,30,31). The summed E-state index contributed by atoms with van der Waals surface area (Å²) < 4.78 is 1.30. The van der Waals surface area contributed by atoms with E-state index in [0.717, 1.165) is 6.42 Å². The minimum Gasteiger partial charge on any atom is -0.383 e. The van der Waals surface area contributed by atoms with Gasteiger partial charge in [0.1, 0.15) is 5.82 Å². The van der Waals surface area contributed by atoms with Gasteiger partial charge in [0.25, 0.3) is 5.56 Å². The number of nitrogens with one attached hydrogen (secondary N) is 2. The quantitative estimate of drug-likeness (QED) is 0.512. The van der Waals surface area contributed by atoms with Crippen LogP contribution < -0.4 is 27.2 Å². The molecule has 1 atom stereocenters. The Morgan fingerprint density at radius 1 is 1.23 bits per heavy atom. The molecule has 10 nitrogen and oxygen atoms in total. The fourth-order valence-corrected chi connectivity index (χ4v) is 3.96. The molecule has 0 radical (unpaired) electrons. The number of aromatic nitrogens is 2. The van der Waals surface area contributed by atoms with E-state index in [1.807, 2.05) is 39.5 Å². The van der Waals surface area contributed by atoms with E-state index >= 15 is 0 Å². The lowest BCUT2D eigenvalue weighted by atomic mass is 9.99. The molecule has 1 unspecified atom stereocenters. The summed E-state index contributed by atoms with van der Waals surface area (Å²) in [6.45, 7) is 11.3. The summed E-state index contributed by atoms with van der Waals surface area (Å²) in [6.07, 6.45) is 1.48. The zero-order valence-electron chi connectivity index (χ0n) is 19.2. The Morgan fingerprint density at radius 2 is 1.90 bits per heavy atom. The third-order valence-corrected chi connectivity index (χ3v) is 5.40. The number of carbonyl (C=O) groups excluding carboxylic acids is 2. The lowest BCUT2D eigenvalue weighted by Crippen LogP contribution is -2.59. The molecule has 10 heteroatoms. The molecule has 4 N–H and O–H groups in total. The molecule has 1 aromatic rings. The molecule has 0 aliphatic carbocycles. The van der Waals surface area contributed by atoms with Crippen LogP contribution in [0.4, 0.5) is 11.5 Å². The maximum absolute atomic E-state index is 13.4. The van der Waals surface area contributed by atoms with E-state index in [4.69, 9.17) is 5.73 Å². The minimum absolute atomic E-state index is 0.00116. The van der Waals surface area contributed by atoms with Gasteiger partial charge in [-0.25, -0.2) is 4.79 Å². The van der Waals surface area contributed by atoms with Crippen molar-refractivity contribution in [2.45, 2.75) is 60.0 Å². The summed E-state index contributed by atoms with van der Waals surface area (Å²) in [5, 5.41) is 2.84. The molecule has 0 saturated carbocycles. The number of aromatic amines is 1. The summed E-state index contributed by atoms with van der Waals surface area (Å²) in [6, 6.07) is -0.420. The summed E-state index contributed by atoms with van der Waals surface area (Å²) in [4.78, 5) is 56.2. The van der Waals surface area contributed by atoms with E-state index in [0.29, 0.717) is 32.6 Å². The lowest BCUT2D eigenvalue weighted by molar-refractivity contribution is -0.132.